The molecule has 4 heteroatoms. The maximum absolute atomic E-state index is 12.3. The maximum Gasteiger partial charge on any atom is 0.223 e. The molecule has 3 N–H and O–H groups in total. The Morgan fingerprint density at radius 3 is 2.72 bits per heavy atom. The Labute approximate surface area is 111 Å². The fourth-order valence-electron chi connectivity index (χ4n) is 2.60. The fraction of sp³-hybridized carbons (Fsp3) is 0.929. The van der Waals surface area contributed by atoms with Crippen LogP contribution in [0.15, 0.2) is 0 Å². The monoisotopic (exact) mass is 256 g/mol. The molecule has 0 saturated heterocycles. The van der Waals surface area contributed by atoms with Gasteiger partial charge in [0.2, 0.25) is 5.91 Å². The van der Waals surface area contributed by atoms with E-state index in [9.17, 15) is 4.79 Å². The van der Waals surface area contributed by atoms with Crippen LogP contribution in [0.1, 0.15) is 40.0 Å². The summed E-state index contributed by atoms with van der Waals surface area (Å²) in [5, 5.41) is 3.14. The summed E-state index contributed by atoms with van der Waals surface area (Å²) < 4.78 is 5.43. The number of nitrogens with one attached hydrogen (secondary N) is 1. The Bertz CT molecular complexity index is 256. The molecule has 1 aliphatic rings. The van der Waals surface area contributed by atoms with E-state index in [1.54, 1.807) is 0 Å². The number of hydrogen-bond acceptors (Lipinski definition) is 3. The second-order valence-electron chi connectivity index (χ2n) is 5.55. The molecular weight excluding hydrogens is 228 g/mol. The van der Waals surface area contributed by atoms with Crippen LogP contribution in [0.4, 0.5) is 0 Å². The van der Waals surface area contributed by atoms with Crippen molar-refractivity contribution >= 4 is 5.91 Å². The highest BCUT2D eigenvalue weighted by atomic mass is 16.5. The summed E-state index contributed by atoms with van der Waals surface area (Å²) >= 11 is 0. The van der Waals surface area contributed by atoms with Gasteiger partial charge in [-0.2, -0.15) is 0 Å². The minimum Gasteiger partial charge on any atom is -0.380 e. The largest absolute Gasteiger partial charge is 0.380 e. The maximum atomic E-state index is 12.3. The van der Waals surface area contributed by atoms with Crippen LogP contribution in [0.2, 0.25) is 0 Å². The summed E-state index contributed by atoms with van der Waals surface area (Å²) in [7, 11) is 0. The number of carbonyl (C=O) groups excluding carboxylic acids is 1. The third-order valence-electron chi connectivity index (χ3n) is 3.93. The Morgan fingerprint density at radius 2 is 2.17 bits per heavy atom. The Kier molecular flexibility index (Phi) is 6.65. The van der Waals surface area contributed by atoms with E-state index in [1.165, 1.54) is 0 Å². The lowest BCUT2D eigenvalue weighted by Crippen LogP contribution is -2.45. The van der Waals surface area contributed by atoms with E-state index in [0.29, 0.717) is 31.6 Å². The third-order valence-corrected chi connectivity index (χ3v) is 3.93. The molecule has 0 aromatic carbocycles. The highest BCUT2D eigenvalue weighted by Gasteiger charge is 2.33. The zero-order valence-corrected chi connectivity index (χ0v) is 11.9. The summed E-state index contributed by atoms with van der Waals surface area (Å²) in [5.74, 6) is 1.03. The van der Waals surface area contributed by atoms with E-state index in [0.717, 1.165) is 19.3 Å². The van der Waals surface area contributed by atoms with Crippen LogP contribution >= 0.6 is 0 Å². The van der Waals surface area contributed by atoms with Gasteiger partial charge in [-0.05, 0) is 38.1 Å². The second kappa shape index (κ2) is 7.74. The first kappa shape index (κ1) is 15.4. The van der Waals surface area contributed by atoms with Gasteiger partial charge in [-0.1, -0.05) is 20.3 Å². The standard InChI is InChI=1S/C14H28N2O2/c1-4-18-9-13(10(2)3)16-14(17)12-7-5-6-11(12)8-15/h10-13H,4-9,15H2,1-3H3,(H,16,17). The molecule has 3 atom stereocenters. The third kappa shape index (κ3) is 4.25. The molecule has 1 aliphatic carbocycles. The van der Waals surface area contributed by atoms with E-state index >= 15 is 0 Å². The molecule has 18 heavy (non-hydrogen) atoms. The molecule has 0 radical (unpaired) electrons. The molecule has 0 bridgehead atoms. The van der Waals surface area contributed by atoms with Crippen LogP contribution in [0, 0.1) is 17.8 Å². The average Bonchev–Trinajstić information content (AvgIpc) is 2.82. The molecule has 1 amide bonds. The summed E-state index contributed by atoms with van der Waals surface area (Å²) in [6.07, 6.45) is 3.19. The lowest BCUT2D eigenvalue weighted by atomic mass is 9.94. The molecule has 0 aromatic rings. The highest BCUT2D eigenvalue weighted by molar-refractivity contribution is 5.79. The van der Waals surface area contributed by atoms with Crippen molar-refractivity contribution in [1.29, 1.82) is 0 Å². The number of rotatable bonds is 7. The van der Waals surface area contributed by atoms with Crippen LogP contribution in [0.5, 0.6) is 0 Å². The lowest BCUT2D eigenvalue weighted by Gasteiger charge is -2.25. The van der Waals surface area contributed by atoms with Gasteiger partial charge < -0.3 is 15.8 Å². The normalized spacial score (nSPS) is 25.4. The van der Waals surface area contributed by atoms with Crippen molar-refractivity contribution in [2.45, 2.75) is 46.1 Å². The molecule has 4 nitrogen and oxygen atoms in total. The van der Waals surface area contributed by atoms with Crippen molar-refractivity contribution in [3.63, 3.8) is 0 Å². The fourth-order valence-corrected chi connectivity index (χ4v) is 2.60. The van der Waals surface area contributed by atoms with Crippen LogP contribution in [0.3, 0.4) is 0 Å². The Morgan fingerprint density at radius 1 is 1.44 bits per heavy atom. The van der Waals surface area contributed by atoms with Crippen molar-refractivity contribution < 1.29 is 9.53 Å². The van der Waals surface area contributed by atoms with Gasteiger partial charge in [-0.25, -0.2) is 0 Å². The van der Waals surface area contributed by atoms with Crippen LogP contribution in [-0.2, 0) is 9.53 Å². The summed E-state index contributed by atoms with van der Waals surface area (Å²) in [6, 6.07) is 0.108. The SMILES string of the molecule is CCOCC(NC(=O)C1CCCC1CN)C(C)C. The summed E-state index contributed by atoms with van der Waals surface area (Å²) in [6.45, 7) is 8.10. The van der Waals surface area contributed by atoms with Crippen LogP contribution < -0.4 is 11.1 Å². The van der Waals surface area contributed by atoms with Gasteiger partial charge in [0.25, 0.3) is 0 Å². The molecule has 1 rings (SSSR count). The van der Waals surface area contributed by atoms with Crippen molar-refractivity contribution in [3.8, 4) is 0 Å². The number of nitrogens with two attached hydrogens (primary N) is 1. The smallest absolute Gasteiger partial charge is 0.223 e. The van der Waals surface area contributed by atoms with Crippen molar-refractivity contribution in [2.75, 3.05) is 19.8 Å². The quantitative estimate of drug-likeness (QED) is 0.726. The molecule has 3 unspecified atom stereocenters. The van der Waals surface area contributed by atoms with Crippen LogP contribution in [-0.4, -0.2) is 31.7 Å². The first-order valence-electron chi connectivity index (χ1n) is 7.18. The summed E-state index contributed by atoms with van der Waals surface area (Å²) in [4.78, 5) is 12.3. The zero-order valence-electron chi connectivity index (χ0n) is 11.9. The van der Waals surface area contributed by atoms with Gasteiger partial charge in [0.1, 0.15) is 0 Å². The average molecular weight is 256 g/mol. The molecule has 1 saturated carbocycles. The number of amides is 1. The number of hydrogen-bond donors (Lipinski definition) is 2. The van der Waals surface area contributed by atoms with Gasteiger partial charge >= 0.3 is 0 Å². The van der Waals surface area contributed by atoms with Crippen molar-refractivity contribution in [2.24, 2.45) is 23.5 Å². The minimum atomic E-state index is 0.108. The van der Waals surface area contributed by atoms with Gasteiger partial charge in [0.15, 0.2) is 0 Å². The van der Waals surface area contributed by atoms with Gasteiger partial charge in [-0.3, -0.25) is 4.79 Å². The van der Waals surface area contributed by atoms with Crippen molar-refractivity contribution in [3.05, 3.63) is 0 Å². The van der Waals surface area contributed by atoms with Gasteiger partial charge in [0.05, 0.1) is 12.6 Å². The topological polar surface area (TPSA) is 64.3 Å². The molecule has 0 aliphatic heterocycles. The Balaban J connectivity index is 2.49. The highest BCUT2D eigenvalue weighted by Crippen LogP contribution is 2.31. The van der Waals surface area contributed by atoms with Crippen molar-refractivity contribution in [1.82, 2.24) is 5.32 Å². The first-order chi connectivity index (χ1) is 8.60. The predicted molar refractivity (Wildman–Crippen MR) is 73.1 cm³/mol. The molecule has 0 spiro atoms. The second-order valence-corrected chi connectivity index (χ2v) is 5.55. The van der Waals surface area contributed by atoms with E-state index in [4.69, 9.17) is 10.5 Å². The molecule has 1 fully saturated rings. The van der Waals surface area contributed by atoms with Gasteiger partial charge in [-0.15, -0.1) is 0 Å². The molecule has 0 aromatic heterocycles. The van der Waals surface area contributed by atoms with E-state index in [1.807, 2.05) is 6.92 Å². The lowest BCUT2D eigenvalue weighted by molar-refractivity contribution is -0.127. The first-order valence-corrected chi connectivity index (χ1v) is 7.18. The minimum absolute atomic E-state index is 0.108. The van der Waals surface area contributed by atoms with Crippen LogP contribution in [0.25, 0.3) is 0 Å². The van der Waals surface area contributed by atoms with E-state index in [-0.39, 0.29) is 17.9 Å². The predicted octanol–water partition coefficient (Wildman–Crippen LogP) is 1.54. The number of ether oxygens (including phenoxy) is 1. The van der Waals surface area contributed by atoms with E-state index in [2.05, 4.69) is 19.2 Å². The zero-order chi connectivity index (χ0) is 13.5. The molecule has 0 heterocycles. The number of carbonyl (C=O) groups is 1. The van der Waals surface area contributed by atoms with E-state index < -0.39 is 0 Å². The molecule has 106 valence electrons. The summed E-state index contributed by atoms with van der Waals surface area (Å²) in [5.41, 5.74) is 5.73. The van der Waals surface area contributed by atoms with Gasteiger partial charge in [0, 0.05) is 12.5 Å². The Hall–Kier alpha value is -0.610. The molecular formula is C14H28N2O2.